The third kappa shape index (κ3) is 2.75. The van der Waals surface area contributed by atoms with Crippen LogP contribution in [0.25, 0.3) is 10.9 Å². The van der Waals surface area contributed by atoms with Gasteiger partial charge in [-0.25, -0.2) is 9.97 Å². The van der Waals surface area contributed by atoms with E-state index in [0.717, 1.165) is 42.4 Å². The summed E-state index contributed by atoms with van der Waals surface area (Å²) < 4.78 is 0. The number of nitrogens with zero attached hydrogens (tertiary/aromatic N) is 2. The quantitative estimate of drug-likeness (QED) is 0.901. The van der Waals surface area contributed by atoms with Gasteiger partial charge in [-0.2, -0.15) is 0 Å². The van der Waals surface area contributed by atoms with Gasteiger partial charge in [0.1, 0.15) is 12.1 Å². The second-order valence-electron chi connectivity index (χ2n) is 5.79. The summed E-state index contributed by atoms with van der Waals surface area (Å²) in [6, 6.07) is 6.71. The molecule has 106 valence electrons. The number of benzene rings is 1. The molecule has 0 bridgehead atoms. The Bertz CT molecular complexity index is 591. The van der Waals surface area contributed by atoms with Crippen molar-refractivity contribution >= 4 is 16.7 Å². The zero-order valence-electron chi connectivity index (χ0n) is 11.8. The number of anilines is 1. The summed E-state index contributed by atoms with van der Waals surface area (Å²) in [6.07, 6.45) is 6.01. The lowest BCUT2D eigenvalue weighted by Crippen LogP contribution is -2.27. The molecular formula is C16H21N3O. The minimum absolute atomic E-state index is 0.322. The number of aryl methyl sites for hydroxylation is 1. The van der Waals surface area contributed by atoms with Gasteiger partial charge in [0.2, 0.25) is 0 Å². The molecular weight excluding hydrogens is 250 g/mol. The van der Waals surface area contributed by atoms with Crippen LogP contribution in [-0.2, 0) is 0 Å². The van der Waals surface area contributed by atoms with E-state index in [-0.39, 0.29) is 0 Å². The van der Waals surface area contributed by atoms with Crippen LogP contribution in [0.4, 0.5) is 5.82 Å². The number of nitrogens with one attached hydrogen (secondary N) is 1. The molecule has 1 aromatic heterocycles. The molecule has 0 aliphatic heterocycles. The SMILES string of the molecule is Cc1ccc2ncnc(NC3CCC(CO)CC3)c2c1. The summed E-state index contributed by atoms with van der Waals surface area (Å²) in [7, 11) is 0. The van der Waals surface area contributed by atoms with Gasteiger partial charge in [-0.05, 0) is 50.7 Å². The van der Waals surface area contributed by atoms with E-state index < -0.39 is 0 Å². The van der Waals surface area contributed by atoms with Crippen LogP contribution < -0.4 is 5.32 Å². The second kappa shape index (κ2) is 5.75. The minimum Gasteiger partial charge on any atom is -0.396 e. The maximum absolute atomic E-state index is 9.20. The molecule has 1 aromatic carbocycles. The van der Waals surface area contributed by atoms with Crippen LogP contribution in [0, 0.1) is 12.8 Å². The Kier molecular flexibility index (Phi) is 3.83. The molecule has 0 radical (unpaired) electrons. The minimum atomic E-state index is 0.322. The average Bonchev–Trinajstić information content (AvgIpc) is 2.49. The highest BCUT2D eigenvalue weighted by molar-refractivity contribution is 5.89. The van der Waals surface area contributed by atoms with E-state index in [1.165, 1.54) is 5.56 Å². The fourth-order valence-corrected chi connectivity index (χ4v) is 2.97. The van der Waals surface area contributed by atoms with Gasteiger partial charge < -0.3 is 10.4 Å². The molecule has 0 unspecified atom stereocenters. The highest BCUT2D eigenvalue weighted by Crippen LogP contribution is 2.28. The van der Waals surface area contributed by atoms with Gasteiger partial charge in [-0.15, -0.1) is 0 Å². The van der Waals surface area contributed by atoms with Gasteiger partial charge in [0.15, 0.2) is 0 Å². The summed E-state index contributed by atoms with van der Waals surface area (Å²) in [4.78, 5) is 8.73. The molecule has 20 heavy (non-hydrogen) atoms. The number of rotatable bonds is 3. The molecule has 1 aliphatic rings. The monoisotopic (exact) mass is 271 g/mol. The first-order valence-corrected chi connectivity index (χ1v) is 7.35. The largest absolute Gasteiger partial charge is 0.396 e. The van der Waals surface area contributed by atoms with E-state index in [2.05, 4.69) is 34.3 Å². The highest BCUT2D eigenvalue weighted by atomic mass is 16.3. The molecule has 2 N–H and O–H groups in total. The summed E-state index contributed by atoms with van der Waals surface area (Å²) in [5, 5.41) is 13.9. The first-order chi connectivity index (χ1) is 9.76. The van der Waals surface area contributed by atoms with Crippen LogP contribution in [0.3, 0.4) is 0 Å². The predicted octanol–water partition coefficient (Wildman–Crippen LogP) is 2.90. The van der Waals surface area contributed by atoms with Gasteiger partial charge in [0, 0.05) is 18.0 Å². The smallest absolute Gasteiger partial charge is 0.137 e. The van der Waals surface area contributed by atoms with Gasteiger partial charge in [-0.3, -0.25) is 0 Å². The Morgan fingerprint density at radius 2 is 2.00 bits per heavy atom. The number of aliphatic hydroxyl groups excluding tert-OH is 1. The summed E-state index contributed by atoms with van der Waals surface area (Å²) in [5.74, 6) is 1.42. The van der Waals surface area contributed by atoms with Crippen molar-refractivity contribution in [2.75, 3.05) is 11.9 Å². The van der Waals surface area contributed by atoms with E-state index in [0.29, 0.717) is 18.6 Å². The Hall–Kier alpha value is -1.68. The van der Waals surface area contributed by atoms with E-state index in [4.69, 9.17) is 0 Å². The van der Waals surface area contributed by atoms with E-state index in [1.54, 1.807) is 6.33 Å². The topological polar surface area (TPSA) is 58.0 Å². The van der Waals surface area contributed by atoms with Crippen molar-refractivity contribution in [1.29, 1.82) is 0 Å². The Labute approximate surface area is 119 Å². The van der Waals surface area contributed by atoms with Crippen LogP contribution in [0.15, 0.2) is 24.5 Å². The van der Waals surface area contributed by atoms with Crippen LogP contribution in [0.2, 0.25) is 0 Å². The molecule has 1 aliphatic carbocycles. The van der Waals surface area contributed by atoms with Gasteiger partial charge >= 0.3 is 0 Å². The molecule has 4 nitrogen and oxygen atoms in total. The fraction of sp³-hybridized carbons (Fsp3) is 0.500. The van der Waals surface area contributed by atoms with Crippen molar-refractivity contribution in [1.82, 2.24) is 9.97 Å². The third-order valence-electron chi connectivity index (χ3n) is 4.24. The lowest BCUT2D eigenvalue weighted by Gasteiger charge is -2.28. The molecule has 1 saturated carbocycles. The standard InChI is InChI=1S/C16H21N3O/c1-11-2-7-15-14(8-11)16(18-10-17-15)19-13-5-3-12(9-20)4-6-13/h2,7-8,10,12-13,20H,3-6,9H2,1H3,(H,17,18,19). The third-order valence-corrected chi connectivity index (χ3v) is 4.24. The first-order valence-electron chi connectivity index (χ1n) is 7.35. The molecule has 2 aromatic rings. The van der Waals surface area contributed by atoms with Crippen molar-refractivity contribution < 1.29 is 5.11 Å². The van der Waals surface area contributed by atoms with Crippen LogP contribution in [0.1, 0.15) is 31.2 Å². The molecule has 0 saturated heterocycles. The first kappa shape index (κ1) is 13.3. The molecule has 4 heteroatoms. The van der Waals surface area contributed by atoms with Gasteiger partial charge in [-0.1, -0.05) is 11.6 Å². The second-order valence-corrected chi connectivity index (χ2v) is 5.79. The van der Waals surface area contributed by atoms with Gasteiger partial charge in [0.05, 0.1) is 5.52 Å². The fourth-order valence-electron chi connectivity index (χ4n) is 2.97. The van der Waals surface area contributed by atoms with Crippen molar-refractivity contribution in [2.24, 2.45) is 5.92 Å². The van der Waals surface area contributed by atoms with Crippen molar-refractivity contribution in [3.63, 3.8) is 0 Å². The Balaban J connectivity index is 1.79. The van der Waals surface area contributed by atoms with Crippen LogP contribution >= 0.6 is 0 Å². The lowest BCUT2D eigenvalue weighted by molar-refractivity contribution is 0.186. The van der Waals surface area contributed by atoms with Crippen LogP contribution in [-0.4, -0.2) is 27.7 Å². The van der Waals surface area contributed by atoms with Crippen molar-refractivity contribution in [2.45, 2.75) is 38.6 Å². The molecule has 1 heterocycles. The zero-order chi connectivity index (χ0) is 13.9. The van der Waals surface area contributed by atoms with Crippen molar-refractivity contribution in [3.8, 4) is 0 Å². The molecule has 0 atom stereocenters. The Morgan fingerprint density at radius 3 is 2.75 bits per heavy atom. The lowest BCUT2D eigenvalue weighted by atomic mass is 9.86. The number of hydrogen-bond acceptors (Lipinski definition) is 4. The van der Waals surface area contributed by atoms with Crippen LogP contribution in [0.5, 0.6) is 0 Å². The maximum atomic E-state index is 9.20. The van der Waals surface area contributed by atoms with E-state index >= 15 is 0 Å². The summed E-state index contributed by atoms with van der Waals surface area (Å²) >= 11 is 0. The zero-order valence-corrected chi connectivity index (χ0v) is 11.8. The number of hydrogen-bond donors (Lipinski definition) is 2. The average molecular weight is 271 g/mol. The summed E-state index contributed by atoms with van der Waals surface area (Å²) in [5.41, 5.74) is 2.21. The predicted molar refractivity (Wildman–Crippen MR) is 80.7 cm³/mol. The molecule has 3 rings (SSSR count). The summed E-state index contributed by atoms with van der Waals surface area (Å²) in [6.45, 7) is 2.41. The molecule has 0 amide bonds. The maximum Gasteiger partial charge on any atom is 0.137 e. The molecule has 0 spiro atoms. The van der Waals surface area contributed by atoms with Crippen molar-refractivity contribution in [3.05, 3.63) is 30.1 Å². The number of aliphatic hydroxyl groups is 1. The van der Waals surface area contributed by atoms with Gasteiger partial charge in [0.25, 0.3) is 0 Å². The van der Waals surface area contributed by atoms with E-state index in [9.17, 15) is 5.11 Å². The normalized spacial score (nSPS) is 22.9. The number of aromatic nitrogens is 2. The molecule has 1 fully saturated rings. The number of fused-ring (bicyclic) bond motifs is 1. The highest BCUT2D eigenvalue weighted by Gasteiger charge is 2.21. The Morgan fingerprint density at radius 1 is 1.20 bits per heavy atom. The van der Waals surface area contributed by atoms with E-state index in [1.807, 2.05) is 6.07 Å².